The summed E-state index contributed by atoms with van der Waals surface area (Å²) in [4.78, 5) is 13.9. The second kappa shape index (κ2) is 6.65. The number of anilines is 1. The predicted octanol–water partition coefficient (Wildman–Crippen LogP) is 4.09. The van der Waals surface area contributed by atoms with Gasteiger partial charge in [0.1, 0.15) is 0 Å². The van der Waals surface area contributed by atoms with E-state index in [1.54, 1.807) is 7.11 Å². The third-order valence-electron chi connectivity index (χ3n) is 4.98. The zero-order valence-corrected chi connectivity index (χ0v) is 14.2. The lowest BCUT2D eigenvalue weighted by Crippen LogP contribution is -2.17. The van der Waals surface area contributed by atoms with Crippen molar-refractivity contribution in [3.63, 3.8) is 0 Å². The second-order valence-electron chi connectivity index (χ2n) is 6.41. The van der Waals surface area contributed by atoms with Gasteiger partial charge in [0.05, 0.1) is 13.2 Å². The van der Waals surface area contributed by atoms with Gasteiger partial charge in [0, 0.05) is 36.5 Å². The SMILES string of the molecule is COc1ccc(N(C)C2=C(C)C(=O)CC2)cc1OC1CCCC1. The molecule has 0 spiro atoms. The van der Waals surface area contributed by atoms with Crippen molar-refractivity contribution in [3.05, 3.63) is 29.5 Å². The van der Waals surface area contributed by atoms with Crippen LogP contribution in [-0.2, 0) is 4.79 Å². The molecule has 23 heavy (non-hydrogen) atoms. The summed E-state index contributed by atoms with van der Waals surface area (Å²) in [6.07, 6.45) is 6.42. The first-order chi connectivity index (χ1) is 11.1. The lowest BCUT2D eigenvalue weighted by Gasteiger charge is -2.24. The van der Waals surface area contributed by atoms with Crippen LogP contribution in [0.15, 0.2) is 29.5 Å². The summed E-state index contributed by atoms with van der Waals surface area (Å²) in [6, 6.07) is 5.99. The lowest BCUT2D eigenvalue weighted by molar-refractivity contribution is -0.114. The number of hydrogen-bond donors (Lipinski definition) is 0. The monoisotopic (exact) mass is 315 g/mol. The smallest absolute Gasteiger partial charge is 0.163 e. The molecule has 0 amide bonds. The molecule has 3 rings (SSSR count). The van der Waals surface area contributed by atoms with Crippen LogP contribution in [-0.4, -0.2) is 26.0 Å². The summed E-state index contributed by atoms with van der Waals surface area (Å²) in [5, 5.41) is 0. The number of benzene rings is 1. The second-order valence-corrected chi connectivity index (χ2v) is 6.41. The van der Waals surface area contributed by atoms with Gasteiger partial charge >= 0.3 is 0 Å². The fraction of sp³-hybridized carbons (Fsp3) is 0.526. The first-order valence-corrected chi connectivity index (χ1v) is 8.41. The normalized spacial score (nSPS) is 18.7. The van der Waals surface area contributed by atoms with Gasteiger partial charge in [-0.3, -0.25) is 4.79 Å². The minimum atomic E-state index is 0.253. The Bertz CT molecular complexity index is 630. The maximum absolute atomic E-state index is 11.8. The van der Waals surface area contributed by atoms with Crippen LogP contribution in [0.3, 0.4) is 0 Å². The van der Waals surface area contributed by atoms with E-state index in [-0.39, 0.29) is 5.78 Å². The Morgan fingerprint density at radius 3 is 2.48 bits per heavy atom. The Morgan fingerprint density at radius 2 is 1.87 bits per heavy atom. The zero-order chi connectivity index (χ0) is 16.4. The van der Waals surface area contributed by atoms with Gasteiger partial charge in [-0.15, -0.1) is 0 Å². The molecule has 0 heterocycles. The van der Waals surface area contributed by atoms with Crippen molar-refractivity contribution in [1.82, 2.24) is 0 Å². The molecule has 0 atom stereocenters. The summed E-state index contributed by atoms with van der Waals surface area (Å²) in [5.41, 5.74) is 3.01. The number of rotatable bonds is 5. The number of ether oxygens (including phenoxy) is 2. The lowest BCUT2D eigenvalue weighted by atomic mass is 10.2. The molecule has 1 aromatic carbocycles. The van der Waals surface area contributed by atoms with E-state index in [0.29, 0.717) is 12.5 Å². The number of ketones is 1. The fourth-order valence-corrected chi connectivity index (χ4v) is 3.49. The van der Waals surface area contributed by atoms with E-state index in [0.717, 1.165) is 47.7 Å². The van der Waals surface area contributed by atoms with Crippen LogP contribution in [0.1, 0.15) is 45.4 Å². The van der Waals surface area contributed by atoms with Gasteiger partial charge in [0.15, 0.2) is 17.3 Å². The molecular weight excluding hydrogens is 290 g/mol. The fourth-order valence-electron chi connectivity index (χ4n) is 3.49. The van der Waals surface area contributed by atoms with Crippen molar-refractivity contribution >= 4 is 11.5 Å². The molecule has 1 aromatic rings. The van der Waals surface area contributed by atoms with Gasteiger partial charge in [0.25, 0.3) is 0 Å². The number of allylic oxidation sites excluding steroid dienone is 2. The summed E-state index contributed by atoms with van der Waals surface area (Å²) >= 11 is 0. The van der Waals surface area contributed by atoms with Gasteiger partial charge in [0.2, 0.25) is 0 Å². The van der Waals surface area contributed by atoms with E-state index in [1.807, 2.05) is 32.2 Å². The summed E-state index contributed by atoms with van der Waals surface area (Å²) in [6.45, 7) is 1.92. The van der Waals surface area contributed by atoms with Gasteiger partial charge in [-0.05, 0) is 51.2 Å². The van der Waals surface area contributed by atoms with Crippen LogP contribution in [0.5, 0.6) is 11.5 Å². The van der Waals surface area contributed by atoms with E-state index in [2.05, 4.69) is 4.90 Å². The number of carbonyl (C=O) groups is 1. The third kappa shape index (κ3) is 3.21. The summed E-state index contributed by atoms with van der Waals surface area (Å²) in [7, 11) is 3.68. The molecular formula is C19H25NO3. The molecule has 0 saturated heterocycles. The molecule has 0 N–H and O–H groups in total. The maximum Gasteiger partial charge on any atom is 0.163 e. The standard InChI is InChI=1S/C19H25NO3/c1-13-16(9-10-17(13)21)20(2)14-8-11-18(22-3)19(12-14)23-15-6-4-5-7-15/h8,11-12,15H,4-7,9-10H2,1-3H3. The van der Waals surface area contributed by atoms with Crippen LogP contribution in [0.25, 0.3) is 0 Å². The van der Waals surface area contributed by atoms with Crippen molar-refractivity contribution in [2.75, 3.05) is 19.1 Å². The van der Waals surface area contributed by atoms with Gasteiger partial charge in [-0.25, -0.2) is 0 Å². The highest BCUT2D eigenvalue weighted by molar-refractivity contribution is 5.98. The average Bonchev–Trinajstić information content (AvgIpc) is 3.18. The van der Waals surface area contributed by atoms with Crippen molar-refractivity contribution in [1.29, 1.82) is 0 Å². The minimum Gasteiger partial charge on any atom is -0.493 e. The third-order valence-corrected chi connectivity index (χ3v) is 4.98. The predicted molar refractivity (Wildman–Crippen MR) is 91.2 cm³/mol. The topological polar surface area (TPSA) is 38.8 Å². The molecule has 0 bridgehead atoms. The first kappa shape index (κ1) is 15.9. The number of carbonyl (C=O) groups excluding carboxylic acids is 1. The molecule has 0 unspecified atom stereocenters. The van der Waals surface area contributed by atoms with E-state index >= 15 is 0 Å². The number of Topliss-reactive ketones (excluding diaryl/α,β-unsaturated/α-hetero) is 1. The highest BCUT2D eigenvalue weighted by atomic mass is 16.5. The molecule has 0 radical (unpaired) electrons. The molecule has 2 aliphatic rings. The van der Waals surface area contributed by atoms with Crippen molar-refractivity contribution in [2.24, 2.45) is 0 Å². The molecule has 1 fully saturated rings. The number of hydrogen-bond acceptors (Lipinski definition) is 4. The maximum atomic E-state index is 11.8. The largest absolute Gasteiger partial charge is 0.493 e. The number of nitrogens with zero attached hydrogens (tertiary/aromatic N) is 1. The minimum absolute atomic E-state index is 0.253. The molecule has 4 nitrogen and oxygen atoms in total. The summed E-state index contributed by atoms with van der Waals surface area (Å²) < 4.78 is 11.6. The van der Waals surface area contributed by atoms with Crippen LogP contribution >= 0.6 is 0 Å². The Labute approximate surface area is 138 Å². The Kier molecular flexibility index (Phi) is 4.60. The van der Waals surface area contributed by atoms with Crippen molar-refractivity contribution < 1.29 is 14.3 Å². The first-order valence-electron chi connectivity index (χ1n) is 8.41. The van der Waals surface area contributed by atoms with Crippen LogP contribution in [0, 0.1) is 0 Å². The molecule has 1 saturated carbocycles. The van der Waals surface area contributed by atoms with Crippen LogP contribution in [0.4, 0.5) is 5.69 Å². The zero-order valence-electron chi connectivity index (χ0n) is 14.2. The highest BCUT2D eigenvalue weighted by Gasteiger charge is 2.24. The Balaban J connectivity index is 1.86. The van der Waals surface area contributed by atoms with Crippen molar-refractivity contribution in [2.45, 2.75) is 51.6 Å². The van der Waals surface area contributed by atoms with Gasteiger partial charge in [-0.1, -0.05) is 0 Å². The highest BCUT2D eigenvalue weighted by Crippen LogP contribution is 2.37. The van der Waals surface area contributed by atoms with Gasteiger partial charge < -0.3 is 14.4 Å². The number of methoxy groups -OCH3 is 1. The average molecular weight is 315 g/mol. The summed E-state index contributed by atoms with van der Waals surface area (Å²) in [5.74, 6) is 1.82. The van der Waals surface area contributed by atoms with E-state index < -0.39 is 0 Å². The Morgan fingerprint density at radius 1 is 1.13 bits per heavy atom. The van der Waals surface area contributed by atoms with E-state index in [9.17, 15) is 4.79 Å². The molecule has 0 aliphatic heterocycles. The molecule has 4 heteroatoms. The quantitative estimate of drug-likeness (QED) is 0.820. The Hall–Kier alpha value is -1.97. The van der Waals surface area contributed by atoms with Crippen LogP contribution < -0.4 is 14.4 Å². The molecule has 124 valence electrons. The van der Waals surface area contributed by atoms with Gasteiger partial charge in [-0.2, -0.15) is 0 Å². The van der Waals surface area contributed by atoms with E-state index in [1.165, 1.54) is 12.8 Å². The van der Waals surface area contributed by atoms with Crippen molar-refractivity contribution in [3.8, 4) is 11.5 Å². The molecule has 0 aromatic heterocycles. The molecule has 2 aliphatic carbocycles. The van der Waals surface area contributed by atoms with E-state index in [4.69, 9.17) is 9.47 Å². The van der Waals surface area contributed by atoms with Crippen LogP contribution in [0.2, 0.25) is 0 Å².